The number of rotatable bonds is 3. The average Bonchev–Trinajstić information content (AvgIpc) is 2.94. The van der Waals surface area contributed by atoms with Gasteiger partial charge in [-0.15, -0.1) is 0 Å². The third-order valence-electron chi connectivity index (χ3n) is 5.45. The summed E-state index contributed by atoms with van der Waals surface area (Å²) in [6.45, 7) is 3.38. The second-order valence-electron chi connectivity index (χ2n) is 7.56. The minimum atomic E-state index is -3.73. The van der Waals surface area contributed by atoms with Crippen LogP contribution in [0.5, 0.6) is 0 Å². The Bertz CT molecular complexity index is 1100. The molecule has 0 spiro atoms. The summed E-state index contributed by atoms with van der Waals surface area (Å²) < 4.78 is 39.5. The summed E-state index contributed by atoms with van der Waals surface area (Å²) in [4.78, 5) is 28.8. The van der Waals surface area contributed by atoms with Crippen LogP contribution in [0.1, 0.15) is 17.3 Å². The molecule has 2 amide bonds. The van der Waals surface area contributed by atoms with Gasteiger partial charge in [-0.25, -0.2) is 17.1 Å². The van der Waals surface area contributed by atoms with Crippen LogP contribution in [0.15, 0.2) is 48.5 Å². The molecule has 2 saturated heterocycles. The van der Waals surface area contributed by atoms with Gasteiger partial charge in [-0.1, -0.05) is 25.1 Å². The molecule has 0 N–H and O–H groups in total. The lowest BCUT2D eigenvalue weighted by atomic mass is 10.1. The second kappa shape index (κ2) is 7.71. The maximum atomic E-state index is 14.0. The zero-order chi connectivity index (χ0) is 21.5. The molecule has 158 valence electrons. The van der Waals surface area contributed by atoms with Gasteiger partial charge in [0.25, 0.3) is 5.91 Å². The number of hydrogen-bond acceptors (Lipinski definition) is 5. The van der Waals surface area contributed by atoms with Gasteiger partial charge < -0.3 is 9.80 Å². The molecular formula is C21H22FN3O4S. The van der Waals surface area contributed by atoms with Crippen LogP contribution in [0.2, 0.25) is 0 Å². The van der Waals surface area contributed by atoms with Crippen LogP contribution in [0.4, 0.5) is 15.8 Å². The number of piperazine rings is 1. The van der Waals surface area contributed by atoms with Gasteiger partial charge >= 0.3 is 0 Å². The van der Waals surface area contributed by atoms with Crippen LogP contribution in [-0.4, -0.2) is 57.1 Å². The summed E-state index contributed by atoms with van der Waals surface area (Å²) in [6.07, 6.45) is 0. The first-order valence-corrected chi connectivity index (χ1v) is 11.3. The minimum absolute atomic E-state index is 0.181. The van der Waals surface area contributed by atoms with Crippen molar-refractivity contribution in [2.45, 2.75) is 6.92 Å². The van der Waals surface area contributed by atoms with Gasteiger partial charge in [-0.05, 0) is 30.3 Å². The van der Waals surface area contributed by atoms with Crippen LogP contribution in [0.25, 0.3) is 0 Å². The van der Waals surface area contributed by atoms with Crippen molar-refractivity contribution < 1.29 is 22.4 Å². The molecule has 2 aromatic rings. The number of carbonyl (C=O) groups is 2. The van der Waals surface area contributed by atoms with Crippen LogP contribution >= 0.6 is 0 Å². The highest BCUT2D eigenvalue weighted by atomic mass is 32.2. The Morgan fingerprint density at radius 2 is 1.73 bits per heavy atom. The Morgan fingerprint density at radius 1 is 1.03 bits per heavy atom. The number of hydrogen-bond donors (Lipinski definition) is 0. The molecule has 2 fully saturated rings. The van der Waals surface area contributed by atoms with Gasteiger partial charge in [-0.3, -0.25) is 9.59 Å². The van der Waals surface area contributed by atoms with Gasteiger partial charge in [0, 0.05) is 31.7 Å². The molecule has 0 saturated carbocycles. The predicted octanol–water partition coefficient (Wildman–Crippen LogP) is 2.10. The summed E-state index contributed by atoms with van der Waals surface area (Å²) in [5.74, 6) is -1.88. The van der Waals surface area contributed by atoms with Gasteiger partial charge in [0.2, 0.25) is 15.9 Å². The van der Waals surface area contributed by atoms with Crippen molar-refractivity contribution in [3.63, 3.8) is 0 Å². The van der Waals surface area contributed by atoms with Gasteiger partial charge in [0.15, 0.2) is 0 Å². The van der Waals surface area contributed by atoms with E-state index in [2.05, 4.69) is 0 Å². The van der Waals surface area contributed by atoms with E-state index in [0.717, 1.165) is 4.31 Å². The van der Waals surface area contributed by atoms with Gasteiger partial charge in [-0.2, -0.15) is 0 Å². The van der Waals surface area contributed by atoms with Crippen molar-refractivity contribution in [2.75, 3.05) is 41.1 Å². The smallest absolute Gasteiger partial charge is 0.254 e. The standard InChI is InChI=1S/C21H22FN3O4S/c1-15-14-30(28,29)25(20(15)26)17-6-4-5-16(13-17)21(27)24-11-9-23(10-12-24)19-8-3-2-7-18(19)22/h2-8,13,15H,9-12,14H2,1H3/t15-/m1/s1. The maximum absolute atomic E-state index is 14.0. The molecule has 2 aliphatic heterocycles. The molecular weight excluding hydrogens is 409 g/mol. The second-order valence-corrected chi connectivity index (χ2v) is 9.43. The van der Waals surface area contributed by atoms with Crippen LogP contribution in [0.3, 0.4) is 0 Å². The Morgan fingerprint density at radius 3 is 2.37 bits per heavy atom. The highest BCUT2D eigenvalue weighted by molar-refractivity contribution is 7.94. The highest BCUT2D eigenvalue weighted by Gasteiger charge is 2.42. The highest BCUT2D eigenvalue weighted by Crippen LogP contribution is 2.29. The van der Waals surface area contributed by atoms with E-state index in [1.54, 1.807) is 42.2 Å². The number of benzene rings is 2. The largest absolute Gasteiger partial charge is 0.366 e. The molecule has 2 aliphatic rings. The van der Waals surface area contributed by atoms with Gasteiger partial charge in [0.1, 0.15) is 5.82 Å². The van der Waals surface area contributed by atoms with E-state index in [1.807, 2.05) is 4.90 Å². The topological polar surface area (TPSA) is 78.0 Å². The van der Waals surface area contributed by atoms with Crippen molar-refractivity contribution >= 4 is 33.2 Å². The molecule has 1 atom stereocenters. The number of sulfonamides is 1. The van der Waals surface area contributed by atoms with E-state index in [9.17, 15) is 22.4 Å². The molecule has 0 aromatic heterocycles. The molecule has 2 aromatic carbocycles. The first-order valence-electron chi connectivity index (χ1n) is 9.73. The third kappa shape index (κ3) is 3.65. The average molecular weight is 431 g/mol. The summed E-state index contributed by atoms with van der Waals surface area (Å²) >= 11 is 0. The summed E-state index contributed by atoms with van der Waals surface area (Å²) in [7, 11) is -3.73. The van der Waals surface area contributed by atoms with E-state index < -0.39 is 21.8 Å². The normalized spacial score (nSPS) is 21.2. The number of halogens is 1. The molecule has 7 nitrogen and oxygen atoms in total. The van der Waals surface area contributed by atoms with E-state index in [4.69, 9.17) is 0 Å². The summed E-state index contributed by atoms with van der Waals surface area (Å²) in [6, 6.07) is 12.7. The number of anilines is 2. The lowest BCUT2D eigenvalue weighted by molar-refractivity contribution is -0.119. The molecule has 0 aliphatic carbocycles. The maximum Gasteiger partial charge on any atom is 0.254 e. The van der Waals surface area contributed by atoms with Crippen molar-refractivity contribution in [1.29, 1.82) is 0 Å². The Kier molecular flexibility index (Phi) is 5.23. The van der Waals surface area contributed by atoms with Crippen LogP contribution in [0, 0.1) is 11.7 Å². The quantitative estimate of drug-likeness (QED) is 0.744. The van der Waals surface area contributed by atoms with E-state index >= 15 is 0 Å². The van der Waals surface area contributed by atoms with E-state index in [-0.39, 0.29) is 23.2 Å². The minimum Gasteiger partial charge on any atom is -0.366 e. The lowest BCUT2D eigenvalue weighted by Crippen LogP contribution is -2.49. The fraction of sp³-hybridized carbons (Fsp3) is 0.333. The molecule has 30 heavy (non-hydrogen) atoms. The van der Waals surface area contributed by atoms with Crippen molar-refractivity contribution in [3.05, 3.63) is 59.9 Å². The lowest BCUT2D eigenvalue weighted by Gasteiger charge is -2.36. The van der Waals surface area contributed by atoms with E-state index in [0.29, 0.717) is 37.4 Å². The zero-order valence-corrected chi connectivity index (χ0v) is 17.3. The van der Waals surface area contributed by atoms with Gasteiger partial charge in [0.05, 0.1) is 23.0 Å². The van der Waals surface area contributed by atoms with Crippen molar-refractivity contribution in [3.8, 4) is 0 Å². The Balaban J connectivity index is 1.50. The van der Waals surface area contributed by atoms with Crippen molar-refractivity contribution in [1.82, 2.24) is 4.90 Å². The first-order chi connectivity index (χ1) is 14.3. The van der Waals surface area contributed by atoms with E-state index in [1.165, 1.54) is 18.2 Å². The predicted molar refractivity (Wildman–Crippen MR) is 111 cm³/mol. The van der Waals surface area contributed by atoms with Crippen LogP contribution < -0.4 is 9.21 Å². The fourth-order valence-corrected chi connectivity index (χ4v) is 5.71. The Labute approximate surface area is 174 Å². The number of nitrogens with zero attached hydrogens (tertiary/aromatic N) is 3. The fourth-order valence-electron chi connectivity index (χ4n) is 3.89. The van der Waals surface area contributed by atoms with Crippen LogP contribution in [-0.2, 0) is 14.8 Å². The molecule has 9 heteroatoms. The molecule has 0 bridgehead atoms. The SMILES string of the molecule is C[C@@H]1CS(=O)(=O)N(c2cccc(C(=O)N3CCN(c4ccccc4F)CC3)c2)C1=O. The number of carbonyl (C=O) groups excluding carboxylic acids is 2. The molecule has 0 unspecified atom stereocenters. The number of para-hydroxylation sites is 1. The molecule has 0 radical (unpaired) electrons. The number of amides is 2. The van der Waals surface area contributed by atoms with Crippen molar-refractivity contribution in [2.24, 2.45) is 5.92 Å². The summed E-state index contributed by atoms with van der Waals surface area (Å²) in [5.41, 5.74) is 1.01. The third-order valence-corrected chi connectivity index (χ3v) is 7.32. The molecule has 2 heterocycles. The first kappa shape index (κ1) is 20.3. The molecule has 4 rings (SSSR count). The zero-order valence-electron chi connectivity index (χ0n) is 16.5. The monoisotopic (exact) mass is 431 g/mol. The summed E-state index contributed by atoms with van der Waals surface area (Å²) in [5, 5.41) is 0. The Hall–Kier alpha value is -2.94.